The van der Waals surface area contributed by atoms with Gasteiger partial charge in [0, 0.05) is 38.8 Å². The van der Waals surface area contributed by atoms with Gasteiger partial charge in [-0.05, 0) is 13.3 Å². The molecule has 1 aliphatic heterocycles. The molecule has 0 spiro atoms. The van der Waals surface area contributed by atoms with E-state index in [2.05, 4.69) is 31.0 Å². The van der Waals surface area contributed by atoms with E-state index in [9.17, 15) is 0 Å². The van der Waals surface area contributed by atoms with Crippen LogP contribution in [0.3, 0.4) is 0 Å². The Kier molecular flexibility index (Phi) is 5.45. The van der Waals surface area contributed by atoms with Crippen molar-refractivity contribution in [2.45, 2.75) is 39.3 Å². The molecule has 0 aromatic heterocycles. The number of nitrogens with one attached hydrogen (secondary N) is 1. The Bertz CT molecular complexity index is 150. The van der Waals surface area contributed by atoms with Crippen LogP contribution in [0.5, 0.6) is 0 Å². The minimum absolute atomic E-state index is 0.400. The molecule has 1 aliphatic rings. The lowest BCUT2D eigenvalue weighted by Gasteiger charge is -2.22. The van der Waals surface area contributed by atoms with E-state index in [4.69, 9.17) is 4.74 Å². The van der Waals surface area contributed by atoms with Gasteiger partial charge < -0.3 is 10.1 Å². The molecule has 1 N–H and O–H groups in total. The minimum atomic E-state index is 0.400. The fourth-order valence-electron chi connectivity index (χ4n) is 1.79. The summed E-state index contributed by atoms with van der Waals surface area (Å²) in [5, 5.41) is 3.45. The van der Waals surface area contributed by atoms with E-state index in [0.717, 1.165) is 26.2 Å². The van der Waals surface area contributed by atoms with Gasteiger partial charge in [-0.25, -0.2) is 0 Å². The summed E-state index contributed by atoms with van der Waals surface area (Å²) in [5.74, 6) is 0. The highest BCUT2D eigenvalue weighted by atomic mass is 16.5. The summed E-state index contributed by atoms with van der Waals surface area (Å²) in [6.45, 7) is 12.0. The lowest BCUT2D eigenvalue weighted by molar-refractivity contribution is 0.0678. The minimum Gasteiger partial charge on any atom is -0.377 e. The van der Waals surface area contributed by atoms with Crippen LogP contribution >= 0.6 is 0 Å². The summed E-state index contributed by atoms with van der Waals surface area (Å²) in [6.07, 6.45) is 1.57. The summed E-state index contributed by atoms with van der Waals surface area (Å²) in [6, 6.07) is 0.593. The first-order valence-corrected chi connectivity index (χ1v) is 5.76. The molecule has 0 aromatic carbocycles. The lowest BCUT2D eigenvalue weighted by atomic mass is 10.3. The zero-order chi connectivity index (χ0) is 10.4. The van der Waals surface area contributed by atoms with Crippen LogP contribution in [0, 0.1) is 0 Å². The molecule has 0 aliphatic carbocycles. The van der Waals surface area contributed by atoms with E-state index < -0.39 is 0 Å². The smallest absolute Gasteiger partial charge is 0.0673 e. The quantitative estimate of drug-likeness (QED) is 0.735. The number of hydrogen-bond acceptors (Lipinski definition) is 3. The van der Waals surface area contributed by atoms with Crippen molar-refractivity contribution in [1.82, 2.24) is 10.2 Å². The first-order valence-electron chi connectivity index (χ1n) is 5.76. The fraction of sp³-hybridized carbons (Fsp3) is 1.00. The van der Waals surface area contributed by atoms with E-state index in [1.54, 1.807) is 0 Å². The second-order valence-electron chi connectivity index (χ2n) is 4.44. The van der Waals surface area contributed by atoms with Crippen LogP contribution in [0.15, 0.2) is 0 Å². The molecule has 14 heavy (non-hydrogen) atoms. The molecular weight excluding hydrogens is 176 g/mol. The Morgan fingerprint density at radius 3 is 3.00 bits per heavy atom. The Hall–Kier alpha value is -0.120. The molecule has 0 aromatic rings. The van der Waals surface area contributed by atoms with Crippen molar-refractivity contribution in [3.63, 3.8) is 0 Å². The molecule has 3 heteroatoms. The van der Waals surface area contributed by atoms with Gasteiger partial charge in [0.2, 0.25) is 0 Å². The van der Waals surface area contributed by atoms with Gasteiger partial charge in [0.15, 0.2) is 0 Å². The third-order valence-electron chi connectivity index (χ3n) is 2.52. The normalized spacial score (nSPS) is 25.3. The van der Waals surface area contributed by atoms with E-state index in [1.165, 1.54) is 13.0 Å². The summed E-state index contributed by atoms with van der Waals surface area (Å²) >= 11 is 0. The average Bonchev–Trinajstić information content (AvgIpc) is 2.29. The van der Waals surface area contributed by atoms with E-state index in [0.29, 0.717) is 12.1 Å². The molecule has 1 fully saturated rings. The molecule has 0 amide bonds. The van der Waals surface area contributed by atoms with Gasteiger partial charge in [-0.15, -0.1) is 0 Å². The SMILES string of the molecule is CC(C)NCCN1CCCOC(C)C1. The largest absolute Gasteiger partial charge is 0.377 e. The summed E-state index contributed by atoms with van der Waals surface area (Å²) in [7, 11) is 0. The molecule has 1 saturated heterocycles. The molecule has 84 valence electrons. The van der Waals surface area contributed by atoms with Crippen molar-refractivity contribution < 1.29 is 4.74 Å². The number of nitrogens with zero attached hydrogens (tertiary/aromatic N) is 1. The highest BCUT2D eigenvalue weighted by Crippen LogP contribution is 2.04. The molecule has 0 saturated carbocycles. The number of rotatable bonds is 4. The Balaban J connectivity index is 2.15. The van der Waals surface area contributed by atoms with Gasteiger partial charge in [-0.2, -0.15) is 0 Å². The Morgan fingerprint density at radius 1 is 1.50 bits per heavy atom. The predicted octanol–water partition coefficient (Wildman–Crippen LogP) is 1.10. The third-order valence-corrected chi connectivity index (χ3v) is 2.52. The van der Waals surface area contributed by atoms with Gasteiger partial charge >= 0.3 is 0 Å². The van der Waals surface area contributed by atoms with Crippen LogP contribution in [-0.2, 0) is 4.74 Å². The van der Waals surface area contributed by atoms with Gasteiger partial charge in [-0.1, -0.05) is 13.8 Å². The van der Waals surface area contributed by atoms with Gasteiger partial charge in [0.1, 0.15) is 0 Å². The van der Waals surface area contributed by atoms with Crippen LogP contribution in [0.25, 0.3) is 0 Å². The van der Waals surface area contributed by atoms with Crippen molar-refractivity contribution in [3.8, 4) is 0 Å². The molecule has 1 atom stereocenters. The van der Waals surface area contributed by atoms with Crippen LogP contribution in [0.2, 0.25) is 0 Å². The Morgan fingerprint density at radius 2 is 2.29 bits per heavy atom. The predicted molar refractivity (Wildman–Crippen MR) is 59.6 cm³/mol. The van der Waals surface area contributed by atoms with Gasteiger partial charge in [-0.3, -0.25) is 4.90 Å². The van der Waals surface area contributed by atoms with Crippen LogP contribution in [-0.4, -0.2) is 49.8 Å². The monoisotopic (exact) mass is 200 g/mol. The molecule has 1 heterocycles. The zero-order valence-corrected chi connectivity index (χ0v) is 9.75. The highest BCUT2D eigenvalue weighted by Gasteiger charge is 2.13. The standard InChI is InChI=1S/C11H24N2O/c1-10(2)12-5-7-13-6-4-8-14-11(3)9-13/h10-12H,4-9H2,1-3H3. The molecular formula is C11H24N2O. The summed E-state index contributed by atoms with van der Waals surface area (Å²) < 4.78 is 5.60. The van der Waals surface area contributed by atoms with E-state index in [1.807, 2.05) is 0 Å². The second kappa shape index (κ2) is 6.38. The Labute approximate surface area is 87.8 Å². The topological polar surface area (TPSA) is 24.5 Å². The molecule has 1 unspecified atom stereocenters. The molecule has 0 radical (unpaired) electrons. The van der Waals surface area contributed by atoms with Gasteiger partial charge in [0.05, 0.1) is 6.10 Å². The van der Waals surface area contributed by atoms with Crippen molar-refractivity contribution in [1.29, 1.82) is 0 Å². The fourth-order valence-corrected chi connectivity index (χ4v) is 1.79. The maximum absolute atomic E-state index is 5.60. The average molecular weight is 200 g/mol. The van der Waals surface area contributed by atoms with Crippen LogP contribution in [0.1, 0.15) is 27.2 Å². The third kappa shape index (κ3) is 4.94. The zero-order valence-electron chi connectivity index (χ0n) is 9.75. The first kappa shape index (κ1) is 12.0. The van der Waals surface area contributed by atoms with E-state index >= 15 is 0 Å². The first-order chi connectivity index (χ1) is 6.68. The van der Waals surface area contributed by atoms with Gasteiger partial charge in [0.25, 0.3) is 0 Å². The highest BCUT2D eigenvalue weighted by molar-refractivity contribution is 4.68. The second-order valence-corrected chi connectivity index (χ2v) is 4.44. The van der Waals surface area contributed by atoms with E-state index in [-0.39, 0.29) is 0 Å². The maximum atomic E-state index is 5.60. The van der Waals surface area contributed by atoms with Crippen molar-refractivity contribution in [3.05, 3.63) is 0 Å². The van der Waals surface area contributed by atoms with Crippen molar-refractivity contribution in [2.75, 3.05) is 32.8 Å². The van der Waals surface area contributed by atoms with Crippen molar-refractivity contribution in [2.24, 2.45) is 0 Å². The van der Waals surface area contributed by atoms with Crippen molar-refractivity contribution >= 4 is 0 Å². The summed E-state index contributed by atoms with van der Waals surface area (Å²) in [4.78, 5) is 2.49. The summed E-state index contributed by atoms with van der Waals surface area (Å²) in [5.41, 5.74) is 0. The number of ether oxygens (including phenoxy) is 1. The molecule has 3 nitrogen and oxygen atoms in total. The molecule has 1 rings (SSSR count). The molecule has 0 bridgehead atoms. The van der Waals surface area contributed by atoms with Crippen LogP contribution < -0.4 is 5.32 Å². The maximum Gasteiger partial charge on any atom is 0.0673 e. The lowest BCUT2D eigenvalue weighted by Crippen LogP contribution is -2.37. The van der Waals surface area contributed by atoms with Crippen LogP contribution in [0.4, 0.5) is 0 Å². The number of hydrogen-bond donors (Lipinski definition) is 1.